The second-order valence-corrected chi connectivity index (χ2v) is 15.3. The molecule has 0 spiro atoms. The number of aromatic nitrogens is 1. The zero-order valence-corrected chi connectivity index (χ0v) is 30.7. The summed E-state index contributed by atoms with van der Waals surface area (Å²) in [5.41, 5.74) is 1.22. The summed E-state index contributed by atoms with van der Waals surface area (Å²) in [6.07, 6.45) is -7.69. The molecule has 0 unspecified atom stereocenters. The summed E-state index contributed by atoms with van der Waals surface area (Å²) in [5.74, 6) is -2.64. The van der Waals surface area contributed by atoms with Crippen LogP contribution in [0.3, 0.4) is 0 Å². The lowest BCUT2D eigenvalue weighted by atomic mass is 9.77. The molecule has 2 aromatic heterocycles. The van der Waals surface area contributed by atoms with Crippen LogP contribution in [0.1, 0.15) is 85.8 Å². The van der Waals surface area contributed by atoms with Crippen LogP contribution < -0.4 is 15.2 Å². The van der Waals surface area contributed by atoms with Gasteiger partial charge >= 0.3 is 18.3 Å². The number of benzene rings is 1. The molecule has 17 heteroatoms. The van der Waals surface area contributed by atoms with E-state index in [4.69, 9.17) is 15.2 Å². The smallest absolute Gasteiger partial charge is 0.425 e. The number of nitrogens with two attached hydrogens (primary N) is 1. The summed E-state index contributed by atoms with van der Waals surface area (Å²) in [4.78, 5) is 46.0. The van der Waals surface area contributed by atoms with Crippen LogP contribution in [0.2, 0.25) is 0 Å². The summed E-state index contributed by atoms with van der Waals surface area (Å²) in [6.45, 7) is 4.72. The van der Waals surface area contributed by atoms with Crippen LogP contribution in [-0.4, -0.2) is 75.6 Å². The second-order valence-electron chi connectivity index (χ2n) is 14.4. The molecular formula is C37H42F6N4O6S. The highest BCUT2D eigenvalue weighted by atomic mass is 32.1. The molecule has 0 radical (unpaired) electrons. The van der Waals surface area contributed by atoms with E-state index < -0.39 is 68.9 Å². The van der Waals surface area contributed by atoms with Crippen LogP contribution in [0.5, 0.6) is 11.5 Å². The van der Waals surface area contributed by atoms with Crippen LogP contribution in [0.25, 0.3) is 0 Å². The number of aliphatic carboxylic acids is 1. The molecule has 2 aliphatic heterocycles. The lowest BCUT2D eigenvalue weighted by Gasteiger charge is -2.51. The Morgan fingerprint density at radius 3 is 2.30 bits per heavy atom. The predicted molar refractivity (Wildman–Crippen MR) is 186 cm³/mol. The van der Waals surface area contributed by atoms with Gasteiger partial charge in [0.05, 0.1) is 17.0 Å². The first-order valence-electron chi connectivity index (χ1n) is 17.5. The highest BCUT2D eigenvalue weighted by Gasteiger charge is 2.56. The number of para-hydroxylation sites is 1. The Morgan fingerprint density at radius 2 is 1.69 bits per heavy atom. The van der Waals surface area contributed by atoms with Crippen molar-refractivity contribution in [2.24, 2.45) is 11.1 Å². The second kappa shape index (κ2) is 15.4. The largest absolute Gasteiger partial charge is 0.492 e. The minimum absolute atomic E-state index is 0.0356. The van der Waals surface area contributed by atoms with Crippen molar-refractivity contribution in [2.75, 3.05) is 26.2 Å². The van der Waals surface area contributed by atoms with E-state index in [1.54, 1.807) is 31.2 Å². The van der Waals surface area contributed by atoms with Crippen molar-refractivity contribution in [3.05, 3.63) is 75.7 Å². The zero-order chi connectivity index (χ0) is 39.7. The van der Waals surface area contributed by atoms with Crippen molar-refractivity contribution in [1.29, 1.82) is 0 Å². The number of nitrogens with zero attached hydrogens (tertiary/aromatic N) is 3. The fourth-order valence-electron chi connectivity index (χ4n) is 7.05. The van der Waals surface area contributed by atoms with Gasteiger partial charge in [-0.25, -0.2) is 0 Å². The lowest BCUT2D eigenvalue weighted by molar-refractivity contribution is -0.161. The van der Waals surface area contributed by atoms with Gasteiger partial charge in [0.1, 0.15) is 28.7 Å². The average Bonchev–Trinajstić information content (AvgIpc) is 3.60. The number of alkyl halides is 6. The van der Waals surface area contributed by atoms with Gasteiger partial charge in [-0.05, 0) is 57.7 Å². The third-order valence-electron chi connectivity index (χ3n) is 10.1. The number of hydrogen-bond donors (Lipinski definition) is 2. The first-order valence-corrected chi connectivity index (χ1v) is 18.3. The van der Waals surface area contributed by atoms with Crippen molar-refractivity contribution >= 4 is 29.1 Å². The molecular weight excluding hydrogens is 742 g/mol. The van der Waals surface area contributed by atoms with Gasteiger partial charge in [-0.3, -0.25) is 19.4 Å². The fourth-order valence-corrected chi connectivity index (χ4v) is 7.72. The summed E-state index contributed by atoms with van der Waals surface area (Å²) in [6, 6.07) is 8.29. The number of rotatable bonds is 11. The van der Waals surface area contributed by atoms with Gasteiger partial charge in [0.2, 0.25) is 5.60 Å². The highest BCUT2D eigenvalue weighted by Crippen LogP contribution is 2.44. The number of carboxylic acids is 1. The van der Waals surface area contributed by atoms with E-state index in [1.165, 1.54) is 18.7 Å². The number of likely N-dealkylation sites (tertiary alicyclic amines) is 2. The molecule has 0 saturated carbocycles. The van der Waals surface area contributed by atoms with E-state index >= 15 is 0 Å². The third kappa shape index (κ3) is 8.31. The van der Waals surface area contributed by atoms with Crippen molar-refractivity contribution in [2.45, 2.75) is 88.8 Å². The maximum atomic E-state index is 14.9. The number of ether oxygens (including phenoxy) is 2. The molecule has 1 aromatic carbocycles. The van der Waals surface area contributed by atoms with Gasteiger partial charge in [-0.1, -0.05) is 31.5 Å². The van der Waals surface area contributed by atoms with E-state index in [9.17, 15) is 45.8 Å². The van der Waals surface area contributed by atoms with Crippen molar-refractivity contribution in [3.63, 3.8) is 0 Å². The Hall–Kier alpha value is -4.38. The average molecular weight is 785 g/mol. The van der Waals surface area contributed by atoms with E-state index in [1.807, 2.05) is 0 Å². The Bertz CT molecular complexity index is 1840. The number of amides is 2. The van der Waals surface area contributed by atoms with E-state index in [0.29, 0.717) is 29.1 Å². The SMILES string of the molecule is CCC[C@H]1N(C(=O)c2ncccc2C(F)(F)F)CCC[C@@]1(Oc1csc(C(F)(F)F)c1)C(=O)N1CCC(N)(c2ccccc2OCC(C)(C)C(=O)O)CC1. The van der Waals surface area contributed by atoms with E-state index in [0.717, 1.165) is 34.7 Å². The van der Waals surface area contributed by atoms with Crippen molar-refractivity contribution in [1.82, 2.24) is 14.8 Å². The zero-order valence-electron chi connectivity index (χ0n) is 29.9. The Morgan fingerprint density at radius 1 is 1.00 bits per heavy atom. The molecule has 2 aliphatic rings. The van der Waals surface area contributed by atoms with Crippen LogP contribution in [-0.2, 0) is 27.5 Å². The van der Waals surface area contributed by atoms with E-state index in [-0.39, 0.29) is 64.1 Å². The molecule has 294 valence electrons. The van der Waals surface area contributed by atoms with Gasteiger partial charge in [-0.15, -0.1) is 11.3 Å². The summed E-state index contributed by atoms with van der Waals surface area (Å²) >= 11 is 0.368. The van der Waals surface area contributed by atoms with Crippen LogP contribution in [0.15, 0.2) is 54.0 Å². The highest BCUT2D eigenvalue weighted by molar-refractivity contribution is 7.10. The normalized spacial score (nSPS) is 20.7. The molecule has 3 aromatic rings. The number of hydrogen-bond acceptors (Lipinski definition) is 8. The minimum atomic E-state index is -4.91. The molecule has 2 amide bonds. The van der Waals surface area contributed by atoms with Gasteiger partial charge in [0.15, 0.2) is 0 Å². The number of pyridine rings is 1. The quantitative estimate of drug-likeness (QED) is 0.193. The first-order chi connectivity index (χ1) is 25.2. The molecule has 2 fully saturated rings. The molecule has 10 nitrogen and oxygen atoms in total. The third-order valence-corrected chi connectivity index (χ3v) is 11.0. The summed E-state index contributed by atoms with van der Waals surface area (Å²) in [5, 5.41) is 10.7. The van der Waals surface area contributed by atoms with Crippen LogP contribution >= 0.6 is 11.3 Å². The van der Waals surface area contributed by atoms with Gasteiger partial charge in [-0.2, -0.15) is 26.3 Å². The number of carbonyl (C=O) groups is 3. The molecule has 0 aliphatic carbocycles. The molecule has 5 rings (SSSR count). The molecule has 3 N–H and O–H groups in total. The van der Waals surface area contributed by atoms with Crippen molar-refractivity contribution in [3.8, 4) is 11.5 Å². The number of piperidine rings is 2. The van der Waals surface area contributed by atoms with Gasteiger partial charge in [0.25, 0.3) is 11.8 Å². The molecule has 4 heterocycles. The summed E-state index contributed by atoms with van der Waals surface area (Å²) in [7, 11) is 0. The maximum absolute atomic E-state index is 14.9. The number of carboxylic acid groups (broad SMARTS) is 1. The van der Waals surface area contributed by atoms with Gasteiger partial charge in [0, 0.05) is 54.8 Å². The molecule has 54 heavy (non-hydrogen) atoms. The van der Waals surface area contributed by atoms with Crippen LogP contribution in [0, 0.1) is 5.41 Å². The Kier molecular flexibility index (Phi) is 11.6. The summed E-state index contributed by atoms with van der Waals surface area (Å²) < 4.78 is 95.4. The molecule has 2 atom stereocenters. The Labute approximate surface area is 312 Å². The number of thiophene rings is 1. The Balaban J connectivity index is 1.49. The maximum Gasteiger partial charge on any atom is 0.425 e. The van der Waals surface area contributed by atoms with Crippen molar-refractivity contribution < 1.29 is 55.3 Å². The minimum Gasteiger partial charge on any atom is -0.492 e. The monoisotopic (exact) mass is 784 g/mol. The predicted octanol–water partition coefficient (Wildman–Crippen LogP) is 7.37. The van der Waals surface area contributed by atoms with Crippen LogP contribution in [0.4, 0.5) is 26.3 Å². The topological polar surface area (TPSA) is 135 Å². The molecule has 0 bridgehead atoms. The lowest BCUT2D eigenvalue weighted by Crippen LogP contribution is -2.69. The number of halogens is 6. The fraction of sp³-hybridized carbons (Fsp3) is 0.514. The van der Waals surface area contributed by atoms with E-state index in [2.05, 4.69) is 4.98 Å². The first kappa shape index (κ1) is 40.8. The number of carbonyl (C=O) groups excluding carboxylic acids is 2. The molecule has 2 saturated heterocycles. The van der Waals surface area contributed by atoms with Gasteiger partial charge < -0.3 is 30.1 Å². The standard InChI is InChI=1S/C37H42F6N4O6S/c1-4-9-27-35(53-23-20-28(54-21-23)37(41,42)43,13-8-17-47(27)30(48)29-25(36(38,39)40)11-7-16-45-29)31(49)46-18-14-34(44,15-19-46)24-10-5-6-12-26(24)52-22-33(2,3)32(50)51/h5-7,10-12,16,20-21,27H,4,8-9,13-15,17-19,22,44H2,1-3H3,(H,50,51)/t27-,35+/m1/s1.